The van der Waals surface area contributed by atoms with Gasteiger partial charge >= 0.3 is 0 Å². The van der Waals surface area contributed by atoms with Gasteiger partial charge in [0.2, 0.25) is 0 Å². The highest BCUT2D eigenvalue weighted by atomic mass is 79.9. The minimum atomic E-state index is -0.295. The Morgan fingerprint density at radius 2 is 2.06 bits per heavy atom. The molecular formula is C13H10BrN3O. The van der Waals surface area contributed by atoms with Crippen LogP contribution in [-0.4, -0.2) is 17.1 Å². The predicted molar refractivity (Wildman–Crippen MR) is 73.4 cm³/mol. The van der Waals surface area contributed by atoms with Gasteiger partial charge in [0.05, 0.1) is 11.8 Å². The van der Waals surface area contributed by atoms with Crippen molar-refractivity contribution in [1.29, 1.82) is 0 Å². The van der Waals surface area contributed by atoms with Crippen molar-refractivity contribution >= 4 is 28.1 Å². The van der Waals surface area contributed by atoms with E-state index in [9.17, 15) is 4.79 Å². The summed E-state index contributed by atoms with van der Waals surface area (Å²) < 4.78 is 0.752. The van der Waals surface area contributed by atoms with Gasteiger partial charge in [-0.3, -0.25) is 9.78 Å². The van der Waals surface area contributed by atoms with Crippen molar-refractivity contribution in [1.82, 2.24) is 10.4 Å². The Morgan fingerprint density at radius 3 is 2.78 bits per heavy atom. The number of pyridine rings is 1. The van der Waals surface area contributed by atoms with Crippen molar-refractivity contribution in [2.75, 3.05) is 0 Å². The van der Waals surface area contributed by atoms with Crippen molar-refractivity contribution in [3.8, 4) is 0 Å². The molecule has 4 nitrogen and oxygen atoms in total. The molecule has 1 amide bonds. The third-order valence-electron chi connectivity index (χ3n) is 2.15. The molecule has 2 aromatic rings. The minimum Gasteiger partial charge on any atom is -0.267 e. The number of benzene rings is 1. The van der Waals surface area contributed by atoms with Gasteiger partial charge in [0.15, 0.2) is 0 Å². The number of hydrogen-bond acceptors (Lipinski definition) is 3. The number of rotatable bonds is 3. The van der Waals surface area contributed by atoms with Gasteiger partial charge in [0.25, 0.3) is 5.91 Å². The van der Waals surface area contributed by atoms with Crippen molar-refractivity contribution in [3.63, 3.8) is 0 Å². The van der Waals surface area contributed by atoms with Crippen LogP contribution in [0.3, 0.4) is 0 Å². The second kappa shape index (κ2) is 6.07. The maximum atomic E-state index is 11.7. The molecule has 1 aromatic heterocycles. The normalized spacial score (nSPS) is 10.5. The Kier molecular flexibility index (Phi) is 4.20. The number of hydrogen-bond donors (Lipinski definition) is 1. The number of halogens is 1. The predicted octanol–water partition coefficient (Wildman–Crippen LogP) is 2.61. The van der Waals surface area contributed by atoms with Gasteiger partial charge in [-0.2, -0.15) is 5.10 Å². The van der Waals surface area contributed by atoms with E-state index < -0.39 is 0 Å². The van der Waals surface area contributed by atoms with Crippen LogP contribution in [0.4, 0.5) is 0 Å². The van der Waals surface area contributed by atoms with Crippen molar-refractivity contribution < 1.29 is 4.79 Å². The van der Waals surface area contributed by atoms with E-state index in [4.69, 9.17) is 0 Å². The first-order valence-electron chi connectivity index (χ1n) is 5.25. The van der Waals surface area contributed by atoms with Gasteiger partial charge in [0.1, 0.15) is 0 Å². The number of nitrogens with zero attached hydrogens (tertiary/aromatic N) is 2. The largest absolute Gasteiger partial charge is 0.272 e. The molecule has 1 heterocycles. The molecule has 0 bridgehead atoms. The number of hydrazone groups is 1. The molecule has 2 rings (SSSR count). The van der Waals surface area contributed by atoms with Crippen molar-refractivity contribution in [2.45, 2.75) is 0 Å². The zero-order chi connectivity index (χ0) is 12.8. The number of carbonyl (C=O) groups is 1. The third kappa shape index (κ3) is 3.49. The van der Waals surface area contributed by atoms with E-state index in [1.54, 1.807) is 18.5 Å². The van der Waals surface area contributed by atoms with E-state index in [0.29, 0.717) is 5.56 Å². The second-order valence-electron chi connectivity index (χ2n) is 3.50. The van der Waals surface area contributed by atoms with Gasteiger partial charge in [-0.05, 0) is 27.6 Å². The molecule has 0 aliphatic heterocycles. The van der Waals surface area contributed by atoms with E-state index in [2.05, 4.69) is 31.4 Å². The fourth-order valence-electron chi connectivity index (χ4n) is 1.31. The monoisotopic (exact) mass is 303 g/mol. The highest BCUT2D eigenvalue weighted by molar-refractivity contribution is 9.10. The van der Waals surface area contributed by atoms with Crippen molar-refractivity contribution in [2.24, 2.45) is 5.10 Å². The van der Waals surface area contributed by atoms with Gasteiger partial charge in [-0.25, -0.2) is 5.43 Å². The molecule has 1 N–H and O–H groups in total. The third-order valence-corrected chi connectivity index (χ3v) is 2.58. The summed E-state index contributed by atoms with van der Waals surface area (Å²) in [6, 6.07) is 11.2. The average molecular weight is 304 g/mol. The lowest BCUT2D eigenvalue weighted by Gasteiger charge is -1.99. The molecule has 0 aliphatic carbocycles. The average Bonchev–Trinajstić information content (AvgIpc) is 2.40. The Morgan fingerprint density at radius 1 is 1.28 bits per heavy atom. The highest BCUT2D eigenvalue weighted by Crippen LogP contribution is 2.09. The first-order valence-corrected chi connectivity index (χ1v) is 6.04. The molecule has 0 atom stereocenters. The first-order chi connectivity index (χ1) is 8.75. The molecule has 90 valence electrons. The Bertz CT molecular complexity index is 569. The lowest BCUT2D eigenvalue weighted by molar-refractivity contribution is 0.0954. The quantitative estimate of drug-likeness (QED) is 0.700. The van der Waals surface area contributed by atoms with Gasteiger partial charge in [0, 0.05) is 16.9 Å². The minimum absolute atomic E-state index is 0.295. The molecule has 18 heavy (non-hydrogen) atoms. The Hall–Kier alpha value is -2.01. The summed E-state index contributed by atoms with van der Waals surface area (Å²) in [6.07, 6.45) is 4.69. The second-order valence-corrected chi connectivity index (χ2v) is 4.42. The fraction of sp³-hybridized carbons (Fsp3) is 0. The van der Waals surface area contributed by atoms with E-state index >= 15 is 0 Å². The number of nitrogens with one attached hydrogen (secondary N) is 1. The number of aromatic nitrogens is 1. The Labute approximate surface area is 113 Å². The molecule has 0 unspecified atom stereocenters. The maximum Gasteiger partial charge on any atom is 0.272 e. The van der Waals surface area contributed by atoms with E-state index in [0.717, 1.165) is 10.0 Å². The van der Waals surface area contributed by atoms with Crippen LogP contribution in [0.2, 0.25) is 0 Å². The summed E-state index contributed by atoms with van der Waals surface area (Å²) in [4.78, 5) is 15.6. The van der Waals surface area contributed by atoms with E-state index in [-0.39, 0.29) is 5.91 Å². The molecule has 0 radical (unpaired) electrons. The highest BCUT2D eigenvalue weighted by Gasteiger charge is 2.04. The van der Waals surface area contributed by atoms with Crippen LogP contribution in [0, 0.1) is 0 Å². The molecule has 1 aromatic carbocycles. The first kappa shape index (κ1) is 12.4. The molecule has 0 spiro atoms. The SMILES string of the molecule is O=C(NN=Cc1ccccc1)c1cncc(Br)c1. The van der Waals surface area contributed by atoms with Crippen LogP contribution in [-0.2, 0) is 0 Å². The molecule has 0 fully saturated rings. The van der Waals surface area contributed by atoms with Crippen LogP contribution >= 0.6 is 15.9 Å². The van der Waals surface area contributed by atoms with Crippen LogP contribution < -0.4 is 5.43 Å². The lowest BCUT2D eigenvalue weighted by atomic mass is 10.2. The van der Waals surface area contributed by atoms with E-state index in [1.807, 2.05) is 30.3 Å². The standard InChI is InChI=1S/C13H10BrN3O/c14-12-6-11(8-15-9-12)13(18)17-16-7-10-4-2-1-3-5-10/h1-9H,(H,17,18). The summed E-state index contributed by atoms with van der Waals surface area (Å²) in [5.41, 5.74) is 3.82. The summed E-state index contributed by atoms with van der Waals surface area (Å²) in [5, 5.41) is 3.88. The van der Waals surface area contributed by atoms with Crippen LogP contribution in [0.5, 0.6) is 0 Å². The summed E-state index contributed by atoms with van der Waals surface area (Å²) in [7, 11) is 0. The number of carbonyl (C=O) groups excluding carboxylic acids is 1. The summed E-state index contributed by atoms with van der Waals surface area (Å²) >= 11 is 3.25. The zero-order valence-corrected chi connectivity index (χ0v) is 11.0. The van der Waals surface area contributed by atoms with Crippen molar-refractivity contribution in [3.05, 3.63) is 64.4 Å². The molecular weight excluding hydrogens is 294 g/mol. The van der Waals surface area contributed by atoms with Gasteiger partial charge in [-0.1, -0.05) is 30.3 Å². The molecule has 0 saturated carbocycles. The summed E-state index contributed by atoms with van der Waals surface area (Å²) in [6.45, 7) is 0. The van der Waals surface area contributed by atoms with Gasteiger partial charge in [-0.15, -0.1) is 0 Å². The zero-order valence-electron chi connectivity index (χ0n) is 9.38. The molecule has 0 aliphatic rings. The maximum absolute atomic E-state index is 11.7. The smallest absolute Gasteiger partial charge is 0.267 e. The molecule has 5 heteroatoms. The summed E-state index contributed by atoms with van der Waals surface area (Å²) in [5.74, 6) is -0.295. The van der Waals surface area contributed by atoms with Crippen LogP contribution in [0.25, 0.3) is 0 Å². The topological polar surface area (TPSA) is 54.4 Å². The Balaban J connectivity index is 1.99. The van der Waals surface area contributed by atoms with Crippen LogP contribution in [0.15, 0.2) is 58.4 Å². The lowest BCUT2D eigenvalue weighted by Crippen LogP contribution is -2.17. The van der Waals surface area contributed by atoms with E-state index in [1.165, 1.54) is 6.20 Å². The molecule has 0 saturated heterocycles. The van der Waals surface area contributed by atoms with Crippen LogP contribution in [0.1, 0.15) is 15.9 Å². The number of amides is 1. The fourth-order valence-corrected chi connectivity index (χ4v) is 1.67. The van der Waals surface area contributed by atoms with Gasteiger partial charge < -0.3 is 0 Å².